The van der Waals surface area contributed by atoms with Crippen LogP contribution < -0.4 is 0 Å². The molecule has 0 spiro atoms. The van der Waals surface area contributed by atoms with Gasteiger partial charge >= 0.3 is 0 Å². The summed E-state index contributed by atoms with van der Waals surface area (Å²) in [5.74, 6) is 6.48. The van der Waals surface area contributed by atoms with Crippen LogP contribution in [0.25, 0.3) is 0 Å². The second kappa shape index (κ2) is 15.6. The molecule has 0 amide bonds. The van der Waals surface area contributed by atoms with Gasteiger partial charge in [0.2, 0.25) is 0 Å². The van der Waals surface area contributed by atoms with Gasteiger partial charge in [-0.1, -0.05) is 122 Å². The van der Waals surface area contributed by atoms with Crippen LogP contribution in [0.1, 0.15) is 155 Å². The Morgan fingerprint density at radius 1 is 0.500 bits per heavy atom. The third-order valence-electron chi connectivity index (χ3n) is 10.1. The van der Waals surface area contributed by atoms with Crippen LogP contribution >= 0.6 is 0 Å². The predicted octanol–water partition coefficient (Wildman–Crippen LogP) is 10.9. The highest BCUT2D eigenvalue weighted by Gasteiger charge is 2.30. The first-order valence-electron chi connectivity index (χ1n) is 15.4. The van der Waals surface area contributed by atoms with Gasteiger partial charge in [-0.2, -0.15) is 0 Å². The molecule has 0 aromatic heterocycles. The fraction of sp³-hybridized carbons (Fsp3) is 0.938. The molecule has 0 nitrogen and oxygen atoms in total. The van der Waals surface area contributed by atoms with E-state index in [4.69, 9.17) is 0 Å². The molecule has 0 atom stereocenters. The minimum Gasteiger partial charge on any atom is -0.0917 e. The molecule has 0 aromatic carbocycles. The molecule has 0 heteroatoms. The summed E-state index contributed by atoms with van der Waals surface area (Å²) in [4.78, 5) is 0. The number of unbranched alkanes of at least 4 members (excludes halogenated alkanes) is 3. The fourth-order valence-corrected chi connectivity index (χ4v) is 7.75. The lowest BCUT2D eigenvalue weighted by atomic mass is 9.68. The van der Waals surface area contributed by atoms with Crippen molar-refractivity contribution in [2.45, 2.75) is 155 Å². The van der Waals surface area contributed by atoms with Crippen molar-refractivity contribution >= 4 is 0 Å². The summed E-state index contributed by atoms with van der Waals surface area (Å²) in [6, 6.07) is 0. The smallest absolute Gasteiger partial charge is 0.0348 e. The van der Waals surface area contributed by atoms with Gasteiger partial charge in [0.25, 0.3) is 0 Å². The van der Waals surface area contributed by atoms with Crippen LogP contribution in [0.5, 0.6) is 0 Å². The van der Waals surface area contributed by atoms with Crippen LogP contribution in [0.4, 0.5) is 0 Å². The van der Waals surface area contributed by atoms with Gasteiger partial charge in [-0.15, -0.1) is 0 Å². The summed E-state index contributed by atoms with van der Waals surface area (Å²) < 4.78 is 0. The average molecular weight is 443 g/mol. The van der Waals surface area contributed by atoms with Crippen LogP contribution in [0.15, 0.2) is 12.2 Å². The lowest BCUT2D eigenvalue weighted by molar-refractivity contribution is 0.139. The quantitative estimate of drug-likeness (QED) is 0.196. The number of hydrogen-bond donors (Lipinski definition) is 0. The van der Waals surface area contributed by atoms with Crippen molar-refractivity contribution < 1.29 is 0 Å². The lowest BCUT2D eigenvalue weighted by Gasteiger charge is -2.38. The minimum atomic E-state index is 1.04. The van der Waals surface area contributed by atoms with Crippen molar-refractivity contribution in [1.29, 1.82) is 0 Å². The summed E-state index contributed by atoms with van der Waals surface area (Å²) >= 11 is 0. The van der Waals surface area contributed by atoms with E-state index in [0.717, 1.165) is 35.5 Å². The van der Waals surface area contributed by atoms with Crippen molar-refractivity contribution in [3.8, 4) is 0 Å². The molecule has 0 heterocycles. The first-order valence-corrected chi connectivity index (χ1v) is 15.4. The first-order chi connectivity index (χ1) is 15.8. The zero-order valence-electron chi connectivity index (χ0n) is 22.2. The Balaban J connectivity index is 1.18. The fourth-order valence-electron chi connectivity index (χ4n) is 7.75. The van der Waals surface area contributed by atoms with Crippen LogP contribution in [0, 0.1) is 35.5 Å². The Kier molecular flexibility index (Phi) is 12.8. The summed E-state index contributed by atoms with van der Waals surface area (Å²) in [5, 5.41) is 0. The van der Waals surface area contributed by atoms with E-state index >= 15 is 0 Å². The Hall–Kier alpha value is -0.260. The molecule has 3 fully saturated rings. The van der Waals surface area contributed by atoms with Gasteiger partial charge in [0.1, 0.15) is 0 Å². The van der Waals surface area contributed by atoms with Crippen molar-refractivity contribution in [2.75, 3.05) is 0 Å². The SMILES string of the molecule is CC=CCC[C@H]1CC[C@H](CCCC[C@H]2CC[C@H]([C@H]3CC[C@H](CCCCC)CC3)CC2)CC1. The Labute approximate surface area is 202 Å². The molecule has 32 heavy (non-hydrogen) atoms. The molecule has 3 saturated carbocycles. The molecular weight excluding hydrogens is 384 g/mol. The highest BCUT2D eigenvalue weighted by atomic mass is 14.4. The zero-order valence-corrected chi connectivity index (χ0v) is 22.2. The van der Waals surface area contributed by atoms with E-state index in [1.807, 2.05) is 0 Å². The van der Waals surface area contributed by atoms with Gasteiger partial charge in [-0.3, -0.25) is 0 Å². The lowest BCUT2D eigenvalue weighted by Crippen LogP contribution is -2.26. The molecule has 186 valence electrons. The summed E-state index contributed by atoms with van der Waals surface area (Å²) in [7, 11) is 0. The highest BCUT2D eigenvalue weighted by Crippen LogP contribution is 2.43. The van der Waals surface area contributed by atoms with E-state index in [1.165, 1.54) is 77.0 Å². The van der Waals surface area contributed by atoms with Crippen LogP contribution in [0.2, 0.25) is 0 Å². The maximum Gasteiger partial charge on any atom is -0.0348 e. The zero-order chi connectivity index (χ0) is 22.4. The second-order valence-electron chi connectivity index (χ2n) is 12.4. The Morgan fingerprint density at radius 3 is 1.28 bits per heavy atom. The third kappa shape index (κ3) is 9.54. The molecule has 0 unspecified atom stereocenters. The molecule has 3 rings (SSSR count). The third-order valence-corrected chi connectivity index (χ3v) is 10.1. The maximum atomic E-state index is 2.36. The average Bonchev–Trinajstić information content (AvgIpc) is 2.84. The van der Waals surface area contributed by atoms with Crippen molar-refractivity contribution in [1.82, 2.24) is 0 Å². The molecular formula is C32H58. The number of rotatable bonds is 13. The molecule has 0 N–H and O–H groups in total. The largest absolute Gasteiger partial charge is 0.0917 e. The van der Waals surface area contributed by atoms with E-state index in [9.17, 15) is 0 Å². The molecule has 3 aliphatic carbocycles. The number of allylic oxidation sites excluding steroid dienone is 2. The second-order valence-corrected chi connectivity index (χ2v) is 12.4. The molecule has 0 aromatic rings. The van der Waals surface area contributed by atoms with Gasteiger partial charge in [-0.05, 0) is 81.0 Å². The summed E-state index contributed by atoms with van der Waals surface area (Å²) in [5.41, 5.74) is 0. The van der Waals surface area contributed by atoms with Crippen molar-refractivity contribution in [3.63, 3.8) is 0 Å². The topological polar surface area (TPSA) is 0 Å². The van der Waals surface area contributed by atoms with Crippen LogP contribution in [-0.2, 0) is 0 Å². The molecule has 3 aliphatic rings. The van der Waals surface area contributed by atoms with Gasteiger partial charge in [0.05, 0.1) is 0 Å². The Bertz CT molecular complexity index is 466. The molecule has 0 bridgehead atoms. The molecule has 0 saturated heterocycles. The number of hydrogen-bond acceptors (Lipinski definition) is 0. The van der Waals surface area contributed by atoms with E-state index in [0.29, 0.717) is 0 Å². The monoisotopic (exact) mass is 442 g/mol. The van der Waals surface area contributed by atoms with Gasteiger partial charge < -0.3 is 0 Å². The van der Waals surface area contributed by atoms with Crippen LogP contribution in [0.3, 0.4) is 0 Å². The maximum absolute atomic E-state index is 2.36. The van der Waals surface area contributed by atoms with Gasteiger partial charge in [0.15, 0.2) is 0 Å². The van der Waals surface area contributed by atoms with Gasteiger partial charge in [-0.25, -0.2) is 0 Å². The highest BCUT2D eigenvalue weighted by molar-refractivity contribution is 4.83. The van der Waals surface area contributed by atoms with Gasteiger partial charge in [0, 0.05) is 0 Å². The first kappa shape index (κ1) is 26.3. The van der Waals surface area contributed by atoms with E-state index in [2.05, 4.69) is 26.0 Å². The van der Waals surface area contributed by atoms with E-state index in [1.54, 1.807) is 64.2 Å². The molecule has 0 aliphatic heterocycles. The normalized spacial score (nSPS) is 34.2. The predicted molar refractivity (Wildman–Crippen MR) is 143 cm³/mol. The minimum absolute atomic E-state index is 1.04. The van der Waals surface area contributed by atoms with Crippen LogP contribution in [-0.4, -0.2) is 0 Å². The van der Waals surface area contributed by atoms with Crippen molar-refractivity contribution in [2.24, 2.45) is 35.5 Å². The standard InChI is InChI=1S/C32H58/c1-3-5-7-11-27-15-17-28(18-16-27)13-9-10-14-30-21-25-32(26-22-30)31-23-19-29(20-24-31)12-8-6-4-2/h3,5,27-32H,4,6-26H2,1-2H3/t27-,28-,29-,30-,31-,32-. The van der Waals surface area contributed by atoms with E-state index in [-0.39, 0.29) is 0 Å². The summed E-state index contributed by atoms with van der Waals surface area (Å²) in [6.07, 6.45) is 38.0. The van der Waals surface area contributed by atoms with E-state index < -0.39 is 0 Å². The Morgan fingerprint density at radius 2 is 0.875 bits per heavy atom. The molecule has 0 radical (unpaired) electrons. The van der Waals surface area contributed by atoms with Crippen molar-refractivity contribution in [3.05, 3.63) is 12.2 Å². The summed E-state index contributed by atoms with van der Waals surface area (Å²) in [6.45, 7) is 4.50.